The first-order chi connectivity index (χ1) is 9.79. The van der Waals surface area contributed by atoms with Gasteiger partial charge in [-0.05, 0) is 25.2 Å². The van der Waals surface area contributed by atoms with Gasteiger partial charge in [0.25, 0.3) is 0 Å². The molecule has 2 aromatic rings. The third kappa shape index (κ3) is 1.66. The number of hydrogen-bond acceptors (Lipinski definition) is 6. The Morgan fingerprint density at radius 2 is 2.20 bits per heavy atom. The van der Waals surface area contributed by atoms with Crippen LogP contribution >= 0.6 is 0 Å². The predicted molar refractivity (Wildman–Crippen MR) is 72.4 cm³/mol. The van der Waals surface area contributed by atoms with Crippen molar-refractivity contribution in [3.8, 4) is 5.88 Å². The highest BCUT2D eigenvalue weighted by Crippen LogP contribution is 2.44. The lowest BCUT2D eigenvalue weighted by molar-refractivity contribution is 0.0761. The van der Waals surface area contributed by atoms with Crippen LogP contribution in [0.4, 0.5) is 5.95 Å². The maximum absolute atomic E-state index is 6.11. The van der Waals surface area contributed by atoms with E-state index in [0.717, 1.165) is 18.7 Å². The van der Waals surface area contributed by atoms with Crippen LogP contribution in [0.5, 0.6) is 5.88 Å². The maximum atomic E-state index is 6.11. The van der Waals surface area contributed by atoms with E-state index in [4.69, 9.17) is 15.2 Å². The lowest BCUT2D eigenvalue weighted by atomic mass is 10.1. The quantitative estimate of drug-likeness (QED) is 0.904. The SMILES string of the molecule is COc1ncnc2c1nc(N)n2C1CCOC1C1CC1. The molecular weight excluding hydrogens is 258 g/mol. The maximum Gasteiger partial charge on any atom is 0.245 e. The summed E-state index contributed by atoms with van der Waals surface area (Å²) in [6.07, 6.45) is 5.15. The molecule has 0 spiro atoms. The standard InChI is InChI=1S/C13H17N5O2/c1-19-12-9-11(15-6-16-12)18(13(14)17-9)8-4-5-20-10(8)7-2-3-7/h6-8,10H,2-5H2,1H3,(H2,14,17). The van der Waals surface area contributed by atoms with Crippen molar-refractivity contribution in [1.82, 2.24) is 19.5 Å². The van der Waals surface area contributed by atoms with E-state index < -0.39 is 0 Å². The first kappa shape index (κ1) is 11.9. The molecular formula is C13H17N5O2. The highest BCUT2D eigenvalue weighted by atomic mass is 16.5. The van der Waals surface area contributed by atoms with Gasteiger partial charge in [-0.25, -0.2) is 9.97 Å². The molecule has 20 heavy (non-hydrogen) atoms. The molecule has 1 aliphatic carbocycles. The topological polar surface area (TPSA) is 88.1 Å². The molecule has 2 fully saturated rings. The lowest BCUT2D eigenvalue weighted by Gasteiger charge is -2.20. The summed E-state index contributed by atoms with van der Waals surface area (Å²) in [5, 5.41) is 0. The number of nitrogen functional groups attached to an aromatic ring is 1. The molecule has 3 heterocycles. The Bertz CT molecular complexity index is 651. The molecule has 0 amide bonds. The second-order valence-electron chi connectivity index (χ2n) is 5.42. The van der Waals surface area contributed by atoms with Crippen molar-refractivity contribution in [2.24, 2.45) is 5.92 Å². The van der Waals surface area contributed by atoms with Crippen molar-refractivity contribution in [3.05, 3.63) is 6.33 Å². The molecule has 106 valence electrons. The number of aromatic nitrogens is 4. The van der Waals surface area contributed by atoms with Crippen LogP contribution in [0.25, 0.3) is 11.2 Å². The van der Waals surface area contributed by atoms with E-state index in [0.29, 0.717) is 23.3 Å². The molecule has 7 heteroatoms. The summed E-state index contributed by atoms with van der Waals surface area (Å²) in [6, 6.07) is 0.215. The van der Waals surface area contributed by atoms with Crippen LogP contribution in [0.3, 0.4) is 0 Å². The average Bonchev–Trinajstić information content (AvgIpc) is 3.09. The molecule has 4 rings (SSSR count). The number of ether oxygens (including phenoxy) is 2. The van der Waals surface area contributed by atoms with Crippen molar-refractivity contribution < 1.29 is 9.47 Å². The van der Waals surface area contributed by atoms with Gasteiger partial charge in [-0.2, -0.15) is 4.98 Å². The Balaban J connectivity index is 1.84. The minimum Gasteiger partial charge on any atom is -0.479 e. The lowest BCUT2D eigenvalue weighted by Crippen LogP contribution is -2.23. The van der Waals surface area contributed by atoms with Gasteiger partial charge in [-0.15, -0.1) is 0 Å². The second-order valence-corrected chi connectivity index (χ2v) is 5.42. The Labute approximate surface area is 116 Å². The normalized spacial score (nSPS) is 26.2. The van der Waals surface area contributed by atoms with Gasteiger partial charge in [0.2, 0.25) is 11.8 Å². The van der Waals surface area contributed by atoms with Crippen molar-refractivity contribution in [3.63, 3.8) is 0 Å². The fourth-order valence-corrected chi connectivity index (χ4v) is 3.13. The zero-order chi connectivity index (χ0) is 13.7. The Hall–Kier alpha value is -1.89. The summed E-state index contributed by atoms with van der Waals surface area (Å²) in [5.74, 6) is 1.57. The van der Waals surface area contributed by atoms with Gasteiger partial charge in [-0.1, -0.05) is 0 Å². The van der Waals surface area contributed by atoms with Crippen LogP contribution in [0.2, 0.25) is 0 Å². The predicted octanol–water partition coefficient (Wildman–Crippen LogP) is 1.16. The number of anilines is 1. The first-order valence-corrected chi connectivity index (χ1v) is 6.93. The Morgan fingerprint density at radius 3 is 2.95 bits per heavy atom. The number of rotatable bonds is 3. The number of fused-ring (bicyclic) bond motifs is 1. The highest BCUT2D eigenvalue weighted by Gasteiger charge is 2.42. The molecule has 0 radical (unpaired) electrons. The summed E-state index contributed by atoms with van der Waals surface area (Å²) < 4.78 is 13.1. The number of nitrogens with zero attached hydrogens (tertiary/aromatic N) is 4. The Morgan fingerprint density at radius 1 is 1.35 bits per heavy atom. The van der Waals surface area contributed by atoms with E-state index in [9.17, 15) is 0 Å². The van der Waals surface area contributed by atoms with Gasteiger partial charge in [0.05, 0.1) is 19.3 Å². The van der Waals surface area contributed by atoms with Crippen LogP contribution in [-0.2, 0) is 4.74 Å². The summed E-state index contributed by atoms with van der Waals surface area (Å²) in [6.45, 7) is 0.771. The number of nitrogens with two attached hydrogens (primary N) is 1. The molecule has 2 aliphatic rings. The summed E-state index contributed by atoms with van der Waals surface area (Å²) in [4.78, 5) is 12.8. The van der Waals surface area contributed by atoms with Crippen LogP contribution in [0.1, 0.15) is 25.3 Å². The smallest absolute Gasteiger partial charge is 0.245 e. The fourth-order valence-electron chi connectivity index (χ4n) is 3.13. The molecule has 0 bridgehead atoms. The molecule has 1 saturated heterocycles. The van der Waals surface area contributed by atoms with E-state index >= 15 is 0 Å². The largest absolute Gasteiger partial charge is 0.479 e. The van der Waals surface area contributed by atoms with Gasteiger partial charge in [0, 0.05) is 6.61 Å². The summed E-state index contributed by atoms with van der Waals surface area (Å²) in [7, 11) is 1.57. The third-order valence-corrected chi connectivity index (χ3v) is 4.19. The van der Waals surface area contributed by atoms with E-state index in [-0.39, 0.29) is 12.1 Å². The zero-order valence-corrected chi connectivity index (χ0v) is 11.3. The van der Waals surface area contributed by atoms with Crippen molar-refractivity contribution in [2.45, 2.75) is 31.4 Å². The van der Waals surface area contributed by atoms with E-state index in [1.807, 2.05) is 4.57 Å². The first-order valence-electron chi connectivity index (χ1n) is 6.93. The van der Waals surface area contributed by atoms with Crippen LogP contribution < -0.4 is 10.5 Å². The van der Waals surface area contributed by atoms with E-state index in [1.165, 1.54) is 19.2 Å². The summed E-state index contributed by atoms with van der Waals surface area (Å²) >= 11 is 0. The molecule has 2 N–H and O–H groups in total. The molecule has 2 unspecified atom stereocenters. The Kier molecular flexibility index (Phi) is 2.56. The van der Waals surface area contributed by atoms with Crippen molar-refractivity contribution in [1.29, 1.82) is 0 Å². The summed E-state index contributed by atoms with van der Waals surface area (Å²) in [5.41, 5.74) is 7.46. The minimum atomic E-state index is 0.215. The van der Waals surface area contributed by atoms with Gasteiger partial charge < -0.3 is 15.2 Å². The third-order valence-electron chi connectivity index (χ3n) is 4.19. The highest BCUT2D eigenvalue weighted by molar-refractivity contribution is 5.79. The van der Waals surface area contributed by atoms with Crippen molar-refractivity contribution >= 4 is 17.1 Å². The number of hydrogen-bond donors (Lipinski definition) is 1. The van der Waals surface area contributed by atoms with Gasteiger partial charge in [0.15, 0.2) is 11.2 Å². The molecule has 7 nitrogen and oxygen atoms in total. The van der Waals surface area contributed by atoms with Crippen LogP contribution in [-0.4, -0.2) is 39.3 Å². The number of imidazole rings is 1. The monoisotopic (exact) mass is 275 g/mol. The fraction of sp³-hybridized carbons (Fsp3) is 0.615. The van der Waals surface area contributed by atoms with Gasteiger partial charge >= 0.3 is 0 Å². The molecule has 0 aromatic carbocycles. The average molecular weight is 275 g/mol. The van der Waals surface area contributed by atoms with Crippen LogP contribution in [0, 0.1) is 5.92 Å². The molecule has 2 aromatic heterocycles. The van der Waals surface area contributed by atoms with Crippen LogP contribution in [0.15, 0.2) is 6.33 Å². The van der Waals surface area contributed by atoms with Gasteiger partial charge in [0.1, 0.15) is 6.33 Å². The molecule has 1 aliphatic heterocycles. The van der Waals surface area contributed by atoms with E-state index in [2.05, 4.69) is 15.0 Å². The second kappa shape index (κ2) is 4.31. The van der Waals surface area contributed by atoms with Gasteiger partial charge in [-0.3, -0.25) is 4.57 Å². The van der Waals surface area contributed by atoms with E-state index in [1.54, 1.807) is 7.11 Å². The van der Waals surface area contributed by atoms with Crippen molar-refractivity contribution in [2.75, 3.05) is 19.5 Å². The molecule has 1 saturated carbocycles. The number of methoxy groups -OCH3 is 1. The molecule has 2 atom stereocenters. The zero-order valence-electron chi connectivity index (χ0n) is 11.3. The minimum absolute atomic E-state index is 0.215.